The Labute approximate surface area is 233 Å². The second kappa shape index (κ2) is 11.2. The number of pyridine rings is 1. The highest BCUT2D eigenvalue weighted by Gasteiger charge is 2.29. The number of amides is 3. The van der Waals surface area contributed by atoms with Gasteiger partial charge in [0.25, 0.3) is 5.91 Å². The summed E-state index contributed by atoms with van der Waals surface area (Å²) in [5, 5.41) is 14.9. The Bertz CT molecular complexity index is 1500. The number of aryl methyl sites for hydroxylation is 1. The number of hydrogen-bond donors (Lipinski definition) is 2. The lowest BCUT2D eigenvalue weighted by molar-refractivity contribution is 0.0944. The monoisotopic (exact) mass is 541 g/mol. The van der Waals surface area contributed by atoms with Gasteiger partial charge in [-0.25, -0.2) is 14.5 Å². The summed E-state index contributed by atoms with van der Waals surface area (Å²) < 4.78 is 3.83. The van der Waals surface area contributed by atoms with Gasteiger partial charge in [-0.05, 0) is 56.7 Å². The molecule has 0 spiro atoms. The summed E-state index contributed by atoms with van der Waals surface area (Å²) in [5.74, 6) is 0.643. The maximum absolute atomic E-state index is 13.4. The van der Waals surface area contributed by atoms with E-state index in [0.29, 0.717) is 24.5 Å². The topological polar surface area (TPSA) is 113 Å². The fraction of sp³-hybridized carbons (Fsp3) is 0.345. The number of hydrogen-bond acceptors (Lipinski definition) is 6. The quantitative estimate of drug-likeness (QED) is 0.367. The Hall–Kier alpha value is -4.67. The Morgan fingerprint density at radius 2 is 1.85 bits per heavy atom. The molecule has 40 heavy (non-hydrogen) atoms. The third-order valence-electron chi connectivity index (χ3n) is 6.99. The number of rotatable bonds is 7. The first-order chi connectivity index (χ1) is 19.2. The van der Waals surface area contributed by atoms with E-state index in [9.17, 15) is 9.59 Å². The molecule has 0 atom stereocenters. The lowest BCUT2D eigenvalue weighted by atomic mass is 10.0. The van der Waals surface area contributed by atoms with Gasteiger partial charge < -0.3 is 20.4 Å². The predicted molar refractivity (Wildman–Crippen MR) is 154 cm³/mol. The molecule has 3 aromatic heterocycles. The molecule has 3 amide bonds. The first-order valence-corrected chi connectivity index (χ1v) is 13.4. The summed E-state index contributed by atoms with van der Waals surface area (Å²) >= 11 is 0. The van der Waals surface area contributed by atoms with Crippen molar-refractivity contribution in [1.29, 1.82) is 0 Å². The zero-order valence-corrected chi connectivity index (χ0v) is 23.5. The summed E-state index contributed by atoms with van der Waals surface area (Å²) in [6, 6.07) is 13.3. The highest BCUT2D eigenvalue weighted by atomic mass is 16.2. The molecule has 0 bridgehead atoms. The van der Waals surface area contributed by atoms with Crippen LogP contribution in [0, 0.1) is 6.92 Å². The number of urea groups is 1. The maximum atomic E-state index is 13.4. The molecule has 1 aromatic carbocycles. The molecule has 0 fully saturated rings. The molecule has 208 valence electrons. The Kier molecular flexibility index (Phi) is 7.54. The molecular formula is C29H35N9O2. The van der Waals surface area contributed by atoms with Crippen molar-refractivity contribution < 1.29 is 9.59 Å². The van der Waals surface area contributed by atoms with Crippen LogP contribution in [0.25, 0.3) is 5.69 Å². The molecule has 0 radical (unpaired) electrons. The van der Waals surface area contributed by atoms with Crippen molar-refractivity contribution in [1.82, 2.24) is 34.8 Å². The third-order valence-corrected chi connectivity index (χ3v) is 6.99. The average molecular weight is 542 g/mol. The van der Waals surface area contributed by atoms with Crippen molar-refractivity contribution in [3.8, 4) is 5.69 Å². The SMILES string of the molecule is Cc1ccnn1-c1ccc(N2CCc3c(c(C(=O)NCc4ccc(NC(=O)N(C)C)cc4)nn3C(C)C)C2)nc1. The molecule has 1 aliphatic heterocycles. The molecule has 11 heteroatoms. The van der Waals surface area contributed by atoms with Crippen LogP contribution in [0.5, 0.6) is 0 Å². The smallest absolute Gasteiger partial charge is 0.321 e. The number of aromatic nitrogens is 5. The number of benzene rings is 1. The highest BCUT2D eigenvalue weighted by molar-refractivity contribution is 5.94. The summed E-state index contributed by atoms with van der Waals surface area (Å²) in [7, 11) is 3.38. The predicted octanol–water partition coefficient (Wildman–Crippen LogP) is 3.94. The van der Waals surface area contributed by atoms with Crippen molar-refractivity contribution in [2.45, 2.75) is 46.3 Å². The van der Waals surface area contributed by atoms with Crippen molar-refractivity contribution in [2.75, 3.05) is 30.9 Å². The minimum atomic E-state index is -0.208. The van der Waals surface area contributed by atoms with E-state index in [1.807, 2.05) is 64.9 Å². The second-order valence-electron chi connectivity index (χ2n) is 10.4. The van der Waals surface area contributed by atoms with Crippen LogP contribution in [-0.2, 0) is 19.5 Å². The molecule has 2 N–H and O–H groups in total. The number of carbonyl (C=O) groups is 2. The van der Waals surface area contributed by atoms with Gasteiger partial charge in [0.15, 0.2) is 5.69 Å². The zero-order chi connectivity index (χ0) is 28.4. The highest BCUT2D eigenvalue weighted by Crippen LogP contribution is 2.28. The van der Waals surface area contributed by atoms with Gasteiger partial charge in [-0.2, -0.15) is 10.2 Å². The molecule has 0 saturated heterocycles. The van der Waals surface area contributed by atoms with Crippen LogP contribution in [0.1, 0.15) is 52.9 Å². The number of anilines is 2. The lowest BCUT2D eigenvalue weighted by Gasteiger charge is -2.29. The summed E-state index contributed by atoms with van der Waals surface area (Å²) in [5.41, 5.74) is 6.05. The van der Waals surface area contributed by atoms with E-state index >= 15 is 0 Å². The Morgan fingerprint density at radius 3 is 2.48 bits per heavy atom. The van der Waals surface area contributed by atoms with E-state index in [4.69, 9.17) is 10.1 Å². The van der Waals surface area contributed by atoms with Gasteiger partial charge in [-0.3, -0.25) is 9.48 Å². The fourth-order valence-electron chi connectivity index (χ4n) is 4.79. The van der Waals surface area contributed by atoms with Crippen LogP contribution in [0.4, 0.5) is 16.3 Å². The molecule has 4 heterocycles. The molecular weight excluding hydrogens is 506 g/mol. The lowest BCUT2D eigenvalue weighted by Crippen LogP contribution is -2.33. The average Bonchev–Trinajstić information content (AvgIpc) is 3.56. The first kappa shape index (κ1) is 26.9. The van der Waals surface area contributed by atoms with E-state index in [-0.39, 0.29) is 18.0 Å². The van der Waals surface area contributed by atoms with Crippen molar-refractivity contribution in [3.63, 3.8) is 0 Å². The van der Waals surface area contributed by atoms with E-state index in [0.717, 1.165) is 47.0 Å². The van der Waals surface area contributed by atoms with Crippen LogP contribution >= 0.6 is 0 Å². The Balaban J connectivity index is 1.30. The van der Waals surface area contributed by atoms with Crippen LogP contribution in [-0.4, -0.2) is 62.0 Å². The van der Waals surface area contributed by atoms with E-state index in [2.05, 4.69) is 34.5 Å². The van der Waals surface area contributed by atoms with Crippen LogP contribution in [0.2, 0.25) is 0 Å². The van der Waals surface area contributed by atoms with Gasteiger partial charge >= 0.3 is 6.03 Å². The molecule has 11 nitrogen and oxygen atoms in total. The summed E-state index contributed by atoms with van der Waals surface area (Å²) in [4.78, 5) is 33.6. The van der Waals surface area contributed by atoms with E-state index < -0.39 is 0 Å². The zero-order valence-electron chi connectivity index (χ0n) is 23.5. The van der Waals surface area contributed by atoms with Gasteiger partial charge in [-0.15, -0.1) is 0 Å². The van der Waals surface area contributed by atoms with Crippen molar-refractivity contribution in [3.05, 3.63) is 83.1 Å². The molecule has 0 aliphatic carbocycles. The van der Waals surface area contributed by atoms with Gasteiger partial charge in [0.2, 0.25) is 0 Å². The molecule has 0 unspecified atom stereocenters. The van der Waals surface area contributed by atoms with E-state index in [1.54, 1.807) is 20.3 Å². The third kappa shape index (κ3) is 5.54. The fourth-order valence-corrected chi connectivity index (χ4v) is 4.79. The van der Waals surface area contributed by atoms with Gasteiger partial charge in [0.1, 0.15) is 5.82 Å². The minimum absolute atomic E-state index is 0.140. The summed E-state index contributed by atoms with van der Waals surface area (Å²) in [6.07, 6.45) is 4.37. The first-order valence-electron chi connectivity index (χ1n) is 13.4. The van der Waals surface area contributed by atoms with Crippen LogP contribution in [0.15, 0.2) is 54.9 Å². The largest absolute Gasteiger partial charge is 0.352 e. The minimum Gasteiger partial charge on any atom is -0.352 e. The van der Waals surface area contributed by atoms with Gasteiger partial charge in [0.05, 0.1) is 11.9 Å². The number of nitrogens with zero attached hydrogens (tertiary/aromatic N) is 7. The van der Waals surface area contributed by atoms with Gasteiger partial charge in [-0.1, -0.05) is 12.1 Å². The van der Waals surface area contributed by atoms with Gasteiger partial charge in [0, 0.05) is 75.0 Å². The summed E-state index contributed by atoms with van der Waals surface area (Å²) in [6.45, 7) is 7.86. The maximum Gasteiger partial charge on any atom is 0.321 e. The van der Waals surface area contributed by atoms with Crippen LogP contribution in [0.3, 0.4) is 0 Å². The second-order valence-corrected chi connectivity index (χ2v) is 10.4. The van der Waals surface area contributed by atoms with Crippen molar-refractivity contribution in [2.24, 2.45) is 0 Å². The van der Waals surface area contributed by atoms with Crippen molar-refractivity contribution >= 4 is 23.4 Å². The molecule has 4 aromatic rings. The molecule has 0 saturated carbocycles. The Morgan fingerprint density at radius 1 is 1.07 bits per heavy atom. The number of nitrogens with one attached hydrogen (secondary N) is 2. The molecule has 1 aliphatic rings. The molecule has 5 rings (SSSR count). The number of carbonyl (C=O) groups excluding carboxylic acids is 2. The number of fused-ring (bicyclic) bond motifs is 1. The normalized spacial score (nSPS) is 12.8. The van der Waals surface area contributed by atoms with E-state index in [1.165, 1.54) is 4.90 Å². The van der Waals surface area contributed by atoms with Crippen LogP contribution < -0.4 is 15.5 Å². The standard InChI is InChI=1S/C29H35N9O2/c1-19(2)37-25-13-15-36(26-11-10-23(17-30-26)38-20(3)12-14-32-38)18-24(25)27(34-37)28(39)31-16-21-6-8-22(9-7-21)33-29(40)35(4)5/h6-12,14,17,19H,13,15-16,18H2,1-5H3,(H,31,39)(H,33,40).